The summed E-state index contributed by atoms with van der Waals surface area (Å²) in [7, 11) is 0. The number of carbonyl (C=O) groups is 1. The van der Waals surface area contributed by atoms with Gasteiger partial charge in [0.05, 0.1) is 16.9 Å². The van der Waals surface area contributed by atoms with E-state index in [2.05, 4.69) is 20.3 Å². The van der Waals surface area contributed by atoms with Crippen LogP contribution in [0.5, 0.6) is 0 Å². The highest BCUT2D eigenvalue weighted by molar-refractivity contribution is 6.33. The van der Waals surface area contributed by atoms with Gasteiger partial charge in [-0.25, -0.2) is 4.98 Å². The molecule has 4 rings (SSSR count). The van der Waals surface area contributed by atoms with Gasteiger partial charge >= 0.3 is 0 Å². The molecule has 5 nitrogen and oxygen atoms in total. The number of H-pyrrole nitrogens is 1. The minimum absolute atomic E-state index is 0.205. The third-order valence-corrected chi connectivity index (χ3v) is 4.63. The number of carbonyl (C=O) groups excluding carboxylic acids is 1. The summed E-state index contributed by atoms with van der Waals surface area (Å²) >= 11 is 6.38. The molecule has 0 unspecified atom stereocenters. The number of imidazole rings is 1. The highest BCUT2D eigenvalue weighted by Crippen LogP contribution is 2.30. The normalized spacial score (nSPS) is 10.6. The Morgan fingerprint density at radius 3 is 2.64 bits per heavy atom. The van der Waals surface area contributed by atoms with Crippen LogP contribution in [-0.4, -0.2) is 20.9 Å². The number of aromatic amines is 1. The van der Waals surface area contributed by atoms with Crippen molar-refractivity contribution in [2.75, 3.05) is 5.32 Å². The number of rotatable bonds is 4. The molecule has 2 aromatic carbocycles. The summed E-state index contributed by atoms with van der Waals surface area (Å²) in [5, 5.41) is 3.44. The van der Waals surface area contributed by atoms with Gasteiger partial charge in [-0.05, 0) is 42.8 Å². The molecular formula is C22H17ClN4O. The number of nitrogens with zero attached hydrogens (tertiary/aromatic N) is 2. The Balaban J connectivity index is 1.61. The molecule has 0 radical (unpaired) electrons. The first kappa shape index (κ1) is 17.9. The largest absolute Gasteiger partial charge is 0.338 e. The van der Waals surface area contributed by atoms with Crippen molar-refractivity contribution >= 4 is 23.2 Å². The molecule has 28 heavy (non-hydrogen) atoms. The van der Waals surface area contributed by atoms with Crippen molar-refractivity contribution in [3.05, 3.63) is 89.3 Å². The number of nitrogens with one attached hydrogen (secondary N) is 2. The van der Waals surface area contributed by atoms with Crippen molar-refractivity contribution in [3.8, 4) is 22.6 Å². The topological polar surface area (TPSA) is 70.7 Å². The van der Waals surface area contributed by atoms with Crippen LogP contribution in [0.1, 0.15) is 16.1 Å². The van der Waals surface area contributed by atoms with Crippen LogP contribution in [0.4, 0.5) is 5.69 Å². The number of hydrogen-bond acceptors (Lipinski definition) is 3. The average molecular weight is 389 g/mol. The number of amides is 1. The van der Waals surface area contributed by atoms with Gasteiger partial charge in [0.2, 0.25) is 0 Å². The lowest BCUT2D eigenvalue weighted by Gasteiger charge is -2.08. The molecule has 2 aromatic heterocycles. The van der Waals surface area contributed by atoms with E-state index in [1.165, 1.54) is 0 Å². The first-order valence-corrected chi connectivity index (χ1v) is 9.12. The van der Waals surface area contributed by atoms with Crippen molar-refractivity contribution in [2.45, 2.75) is 6.92 Å². The lowest BCUT2D eigenvalue weighted by atomic mass is 10.1. The van der Waals surface area contributed by atoms with Gasteiger partial charge in [0.15, 0.2) is 0 Å². The number of hydrogen-bond donors (Lipinski definition) is 2. The molecule has 2 heterocycles. The van der Waals surface area contributed by atoms with E-state index in [0.29, 0.717) is 27.7 Å². The summed E-state index contributed by atoms with van der Waals surface area (Å²) < 4.78 is 0. The Morgan fingerprint density at radius 1 is 1.04 bits per heavy atom. The molecule has 0 aliphatic rings. The number of pyridine rings is 1. The lowest BCUT2D eigenvalue weighted by Crippen LogP contribution is -2.12. The molecule has 0 atom stereocenters. The highest BCUT2D eigenvalue weighted by Gasteiger charge is 2.12. The SMILES string of the molecule is Cc1cc(C(=O)Nc2ccc(Cl)c(-c3ncc(-c4ccccc4)[nH]3)c2)ccn1. The van der Waals surface area contributed by atoms with Crippen LogP contribution >= 0.6 is 11.6 Å². The zero-order valence-corrected chi connectivity index (χ0v) is 15.9. The Labute approximate surface area is 167 Å². The molecule has 4 aromatic rings. The van der Waals surface area contributed by atoms with Crippen molar-refractivity contribution in [2.24, 2.45) is 0 Å². The fourth-order valence-corrected chi connectivity index (χ4v) is 3.10. The molecule has 2 N–H and O–H groups in total. The molecule has 0 bridgehead atoms. The quantitative estimate of drug-likeness (QED) is 0.494. The Bertz CT molecular complexity index is 1140. The lowest BCUT2D eigenvalue weighted by molar-refractivity contribution is 0.102. The second-order valence-corrected chi connectivity index (χ2v) is 6.75. The van der Waals surface area contributed by atoms with Gasteiger partial charge < -0.3 is 10.3 Å². The predicted octanol–water partition coefficient (Wildman–Crippen LogP) is 5.35. The number of anilines is 1. The molecule has 0 aliphatic heterocycles. The van der Waals surface area contributed by atoms with Gasteiger partial charge in [-0.1, -0.05) is 41.9 Å². The maximum Gasteiger partial charge on any atom is 0.255 e. The van der Waals surface area contributed by atoms with Gasteiger partial charge in [-0.15, -0.1) is 0 Å². The van der Waals surface area contributed by atoms with Crippen LogP contribution in [0.3, 0.4) is 0 Å². The maximum atomic E-state index is 12.5. The third-order valence-electron chi connectivity index (χ3n) is 4.30. The highest BCUT2D eigenvalue weighted by atomic mass is 35.5. The van der Waals surface area contributed by atoms with E-state index in [4.69, 9.17) is 11.6 Å². The first-order chi connectivity index (χ1) is 13.6. The van der Waals surface area contributed by atoms with Gasteiger partial charge in [0.1, 0.15) is 5.82 Å². The summed E-state index contributed by atoms with van der Waals surface area (Å²) in [6.07, 6.45) is 3.39. The van der Waals surface area contributed by atoms with Gasteiger partial charge in [0.25, 0.3) is 5.91 Å². The zero-order valence-electron chi connectivity index (χ0n) is 15.1. The summed E-state index contributed by atoms with van der Waals surface area (Å²) in [6, 6.07) is 18.7. The second kappa shape index (κ2) is 7.66. The minimum atomic E-state index is -0.205. The van der Waals surface area contributed by atoms with Gasteiger partial charge in [-0.3, -0.25) is 9.78 Å². The van der Waals surface area contributed by atoms with E-state index in [1.807, 2.05) is 43.3 Å². The predicted molar refractivity (Wildman–Crippen MR) is 111 cm³/mol. The molecule has 0 fully saturated rings. The van der Waals surface area contributed by atoms with E-state index in [-0.39, 0.29) is 5.91 Å². The Kier molecular flexibility index (Phi) is 4.91. The smallest absolute Gasteiger partial charge is 0.255 e. The number of aromatic nitrogens is 3. The molecular weight excluding hydrogens is 372 g/mol. The second-order valence-electron chi connectivity index (χ2n) is 6.35. The number of benzene rings is 2. The van der Waals surface area contributed by atoms with Crippen LogP contribution < -0.4 is 5.32 Å². The Hall–Kier alpha value is -3.44. The van der Waals surface area contributed by atoms with Crippen molar-refractivity contribution < 1.29 is 4.79 Å². The molecule has 0 saturated carbocycles. The molecule has 0 aliphatic carbocycles. The molecule has 0 saturated heterocycles. The van der Waals surface area contributed by atoms with E-state index < -0.39 is 0 Å². The standard InChI is InChI=1S/C22H17ClN4O/c1-14-11-16(9-10-24-14)22(28)26-17-7-8-19(23)18(12-17)21-25-13-20(27-21)15-5-3-2-4-6-15/h2-13H,1H3,(H,25,27)(H,26,28). The van der Waals surface area contributed by atoms with E-state index >= 15 is 0 Å². The first-order valence-electron chi connectivity index (χ1n) is 8.74. The monoisotopic (exact) mass is 388 g/mol. The van der Waals surface area contributed by atoms with Gasteiger partial charge in [-0.2, -0.15) is 0 Å². The van der Waals surface area contributed by atoms with E-state index in [0.717, 1.165) is 17.0 Å². The van der Waals surface area contributed by atoms with Crippen LogP contribution in [0, 0.1) is 6.92 Å². The zero-order chi connectivity index (χ0) is 19.5. The summed E-state index contributed by atoms with van der Waals surface area (Å²) in [5.41, 5.74) is 4.62. The maximum absolute atomic E-state index is 12.5. The van der Waals surface area contributed by atoms with E-state index in [9.17, 15) is 4.79 Å². The summed E-state index contributed by atoms with van der Waals surface area (Å²) in [5.74, 6) is 0.433. The Morgan fingerprint density at radius 2 is 1.86 bits per heavy atom. The fourth-order valence-electron chi connectivity index (χ4n) is 2.90. The van der Waals surface area contributed by atoms with Crippen LogP contribution in [0.2, 0.25) is 5.02 Å². The van der Waals surface area contributed by atoms with Crippen LogP contribution in [0.15, 0.2) is 73.1 Å². The van der Waals surface area contributed by atoms with Crippen LogP contribution in [-0.2, 0) is 0 Å². The van der Waals surface area contributed by atoms with Crippen molar-refractivity contribution in [1.29, 1.82) is 0 Å². The van der Waals surface area contributed by atoms with Crippen LogP contribution in [0.25, 0.3) is 22.6 Å². The molecule has 1 amide bonds. The molecule has 0 spiro atoms. The number of aryl methyl sites for hydroxylation is 1. The minimum Gasteiger partial charge on any atom is -0.338 e. The average Bonchev–Trinajstić information content (AvgIpc) is 3.20. The number of halogens is 1. The summed E-state index contributed by atoms with van der Waals surface area (Å²) in [4.78, 5) is 24.3. The summed E-state index contributed by atoms with van der Waals surface area (Å²) in [6.45, 7) is 1.85. The van der Waals surface area contributed by atoms with E-state index in [1.54, 1.807) is 36.7 Å². The van der Waals surface area contributed by atoms with Gasteiger partial charge in [0, 0.05) is 28.7 Å². The van der Waals surface area contributed by atoms with Crippen molar-refractivity contribution in [1.82, 2.24) is 15.0 Å². The third kappa shape index (κ3) is 3.80. The molecule has 6 heteroatoms. The fraction of sp³-hybridized carbons (Fsp3) is 0.0455. The van der Waals surface area contributed by atoms with Crippen molar-refractivity contribution in [3.63, 3.8) is 0 Å². The molecule has 138 valence electrons.